The van der Waals surface area contributed by atoms with Gasteiger partial charge in [-0.25, -0.2) is 4.79 Å². The Morgan fingerprint density at radius 3 is 2.33 bits per heavy atom. The lowest BCUT2D eigenvalue weighted by atomic mass is 10.6. The molecular weight excluding hydrogens is 188 g/mol. The molecule has 0 spiro atoms. The molecule has 9 heavy (non-hydrogen) atoms. The molecule has 0 bridgehead atoms. The zero-order chi connectivity index (χ0) is 6.57. The van der Waals surface area contributed by atoms with Crippen LogP contribution < -0.4 is 5.73 Å². The van der Waals surface area contributed by atoms with E-state index in [0.29, 0.717) is 0 Å². The van der Waals surface area contributed by atoms with Crippen LogP contribution in [0.2, 0.25) is 0 Å². The summed E-state index contributed by atoms with van der Waals surface area (Å²) in [5.41, 5.74) is 4.73. The molecule has 0 radical (unpaired) electrons. The van der Waals surface area contributed by atoms with Crippen LogP contribution in [0.15, 0.2) is 0 Å². The molecule has 0 aromatic rings. The average Bonchev–Trinajstić information content (AvgIpc) is 1.67. The van der Waals surface area contributed by atoms with Gasteiger partial charge in [0, 0.05) is 0 Å². The third kappa shape index (κ3) is 5.29. The predicted octanol–water partition coefficient (Wildman–Crippen LogP) is 0.0634. The van der Waals surface area contributed by atoms with Gasteiger partial charge >= 0.3 is 5.97 Å². The van der Waals surface area contributed by atoms with Crippen LogP contribution in [0.25, 0.3) is 0 Å². The van der Waals surface area contributed by atoms with Crippen molar-refractivity contribution in [2.24, 2.45) is 5.73 Å². The Morgan fingerprint density at radius 1 is 1.78 bits per heavy atom. The molecule has 0 saturated heterocycles. The molecule has 0 heterocycles. The van der Waals surface area contributed by atoms with Crippen LogP contribution in [0.5, 0.6) is 0 Å². The van der Waals surface area contributed by atoms with E-state index in [1.54, 1.807) is 6.92 Å². The maximum Gasteiger partial charge on any atom is 0.373 e. The van der Waals surface area contributed by atoms with E-state index >= 15 is 0 Å². The summed E-state index contributed by atoms with van der Waals surface area (Å²) in [5.74, 6) is -1.31. The molecule has 0 saturated carbocycles. The van der Waals surface area contributed by atoms with Crippen LogP contribution in [-0.2, 0) is 9.53 Å². The molecule has 0 aliphatic rings. The van der Waals surface area contributed by atoms with Gasteiger partial charge in [0.25, 0.3) is 0 Å². The van der Waals surface area contributed by atoms with Crippen LogP contribution in [0, 0.1) is 5.41 Å². The third-order valence-corrected chi connectivity index (χ3v) is 0.495. The van der Waals surface area contributed by atoms with Gasteiger partial charge in [-0.1, -0.05) is 0 Å². The van der Waals surface area contributed by atoms with Gasteiger partial charge in [-0.2, -0.15) is 0 Å². The van der Waals surface area contributed by atoms with Crippen molar-refractivity contribution in [3.8, 4) is 0 Å². The van der Waals surface area contributed by atoms with Crippen molar-refractivity contribution in [1.82, 2.24) is 0 Å². The van der Waals surface area contributed by atoms with Crippen LogP contribution in [0.3, 0.4) is 0 Å². The number of rotatable bonds is 1. The van der Waals surface area contributed by atoms with Gasteiger partial charge in [-0.3, -0.25) is 5.41 Å². The summed E-state index contributed by atoms with van der Waals surface area (Å²) in [6.45, 7) is 1.92. The minimum atomic E-state index is -0.757. The number of nitrogens with one attached hydrogen (secondary N) is 1. The highest BCUT2D eigenvalue weighted by Gasteiger charge is 2.01. The number of ether oxygens (including phenoxy) is 1. The van der Waals surface area contributed by atoms with Gasteiger partial charge in [0.15, 0.2) is 0 Å². The van der Waals surface area contributed by atoms with Gasteiger partial charge in [0.05, 0.1) is 6.61 Å². The topological polar surface area (TPSA) is 76.2 Å². The largest absolute Gasteiger partial charge is 0.460 e. The van der Waals surface area contributed by atoms with Crippen molar-refractivity contribution in [3.05, 3.63) is 0 Å². The Balaban J connectivity index is 0. The summed E-state index contributed by atoms with van der Waals surface area (Å²) in [5, 5.41) is 6.51. The van der Waals surface area contributed by atoms with E-state index in [4.69, 9.17) is 11.1 Å². The van der Waals surface area contributed by atoms with Crippen molar-refractivity contribution in [2.45, 2.75) is 6.92 Å². The average molecular weight is 197 g/mol. The van der Waals surface area contributed by atoms with Gasteiger partial charge in [-0.15, -0.1) is 17.0 Å². The SMILES string of the molecule is Br.CCOC(=O)C(=N)N. The number of nitrogens with two attached hydrogens (primary N) is 1. The number of hydrogen-bond acceptors (Lipinski definition) is 3. The zero-order valence-electron chi connectivity index (χ0n) is 5.01. The van der Waals surface area contributed by atoms with E-state index in [9.17, 15) is 4.79 Å². The maximum absolute atomic E-state index is 10.2. The monoisotopic (exact) mass is 196 g/mol. The number of carbonyl (C=O) groups is 1. The molecule has 3 N–H and O–H groups in total. The standard InChI is InChI=1S/C4H8N2O2.BrH/c1-2-8-4(7)3(5)6;/h2H2,1H3,(H3,5,6);1H. The number of halogens is 1. The predicted molar refractivity (Wildman–Crippen MR) is 38.9 cm³/mol. The van der Waals surface area contributed by atoms with Crippen LogP contribution in [0.4, 0.5) is 0 Å². The molecule has 0 fully saturated rings. The summed E-state index contributed by atoms with van der Waals surface area (Å²) < 4.78 is 4.31. The molecule has 0 unspecified atom stereocenters. The molecule has 0 rings (SSSR count). The first-order valence-electron chi connectivity index (χ1n) is 2.19. The second-order valence-electron chi connectivity index (χ2n) is 1.13. The third-order valence-electron chi connectivity index (χ3n) is 0.495. The van der Waals surface area contributed by atoms with E-state index in [2.05, 4.69) is 4.74 Å². The summed E-state index contributed by atoms with van der Waals surface area (Å²) in [4.78, 5) is 10.2. The van der Waals surface area contributed by atoms with Crippen molar-refractivity contribution in [3.63, 3.8) is 0 Å². The highest BCUT2D eigenvalue weighted by molar-refractivity contribution is 8.93. The van der Waals surface area contributed by atoms with E-state index in [1.807, 2.05) is 0 Å². The molecular formula is C4H9BrN2O2. The van der Waals surface area contributed by atoms with Crippen molar-refractivity contribution in [2.75, 3.05) is 6.61 Å². The van der Waals surface area contributed by atoms with Gasteiger partial charge in [0.2, 0.25) is 5.84 Å². The molecule has 4 nitrogen and oxygen atoms in total. The Hall–Kier alpha value is -0.580. The fourth-order valence-corrected chi connectivity index (χ4v) is 0.209. The van der Waals surface area contributed by atoms with E-state index < -0.39 is 11.8 Å². The quantitative estimate of drug-likeness (QED) is 0.354. The summed E-state index contributed by atoms with van der Waals surface area (Å²) in [7, 11) is 0. The Bertz CT molecular complexity index is 115. The first kappa shape index (κ1) is 11.2. The van der Waals surface area contributed by atoms with Crippen molar-refractivity contribution >= 4 is 28.8 Å². The fraction of sp³-hybridized carbons (Fsp3) is 0.500. The Labute approximate surface area is 63.6 Å². The lowest BCUT2D eigenvalue weighted by molar-refractivity contribution is -0.135. The highest BCUT2D eigenvalue weighted by atomic mass is 79.9. The maximum atomic E-state index is 10.2. The van der Waals surface area contributed by atoms with E-state index in [1.165, 1.54) is 0 Å². The smallest absolute Gasteiger partial charge is 0.373 e. The minimum absolute atomic E-state index is 0. The fourth-order valence-electron chi connectivity index (χ4n) is 0.209. The van der Waals surface area contributed by atoms with Gasteiger partial charge in [0.1, 0.15) is 0 Å². The lowest BCUT2D eigenvalue weighted by Gasteiger charge is -1.95. The van der Waals surface area contributed by atoms with E-state index in [0.717, 1.165) is 0 Å². The van der Waals surface area contributed by atoms with Gasteiger partial charge in [-0.05, 0) is 6.92 Å². The highest BCUT2D eigenvalue weighted by Crippen LogP contribution is 1.73. The number of hydrogen-bond donors (Lipinski definition) is 2. The Kier molecular flexibility index (Phi) is 6.94. The number of carbonyl (C=O) groups excluding carboxylic acids is 1. The molecule has 5 heteroatoms. The molecule has 0 aliphatic carbocycles. The zero-order valence-corrected chi connectivity index (χ0v) is 6.72. The molecule has 0 aromatic heterocycles. The normalized spacial score (nSPS) is 7.22. The molecule has 0 aromatic carbocycles. The first-order valence-corrected chi connectivity index (χ1v) is 2.19. The molecule has 54 valence electrons. The minimum Gasteiger partial charge on any atom is -0.460 e. The number of esters is 1. The number of amidine groups is 1. The van der Waals surface area contributed by atoms with Crippen LogP contribution in [-0.4, -0.2) is 18.4 Å². The van der Waals surface area contributed by atoms with E-state index in [-0.39, 0.29) is 23.6 Å². The summed E-state index contributed by atoms with van der Waals surface area (Å²) >= 11 is 0. The van der Waals surface area contributed by atoms with Crippen LogP contribution >= 0.6 is 17.0 Å². The van der Waals surface area contributed by atoms with Crippen LogP contribution in [0.1, 0.15) is 6.92 Å². The molecule has 0 atom stereocenters. The van der Waals surface area contributed by atoms with Crippen molar-refractivity contribution in [1.29, 1.82) is 5.41 Å². The second-order valence-corrected chi connectivity index (χ2v) is 1.13. The lowest BCUT2D eigenvalue weighted by Crippen LogP contribution is -2.24. The summed E-state index contributed by atoms with van der Waals surface area (Å²) in [6, 6.07) is 0. The Morgan fingerprint density at radius 2 is 2.22 bits per heavy atom. The van der Waals surface area contributed by atoms with Crippen molar-refractivity contribution < 1.29 is 9.53 Å². The van der Waals surface area contributed by atoms with Gasteiger partial charge < -0.3 is 10.5 Å². The molecule has 0 aliphatic heterocycles. The second kappa shape index (κ2) is 5.55. The first-order chi connectivity index (χ1) is 3.68. The summed E-state index contributed by atoms with van der Waals surface area (Å²) in [6.07, 6.45) is 0. The molecule has 0 amide bonds.